The van der Waals surface area contributed by atoms with Crippen molar-refractivity contribution in [3.05, 3.63) is 36.5 Å². The largest absolute Gasteiger partial charge is 0.352 e. The number of carbonyl (C=O) groups excluding carboxylic acids is 1. The Labute approximate surface area is 120 Å². The summed E-state index contributed by atoms with van der Waals surface area (Å²) in [4.78, 5) is 12.2. The van der Waals surface area contributed by atoms with Crippen LogP contribution in [0.3, 0.4) is 0 Å². The van der Waals surface area contributed by atoms with Gasteiger partial charge in [-0.15, -0.1) is 0 Å². The number of hydrogen-bond donors (Lipinski definition) is 1. The molecule has 0 spiro atoms. The van der Waals surface area contributed by atoms with Crippen LogP contribution in [-0.2, 0) is 11.3 Å². The Morgan fingerprint density at radius 1 is 1.10 bits per heavy atom. The van der Waals surface area contributed by atoms with E-state index < -0.39 is 0 Å². The normalized spacial score (nSPS) is 17.0. The molecule has 3 nitrogen and oxygen atoms in total. The first-order valence-corrected chi connectivity index (χ1v) is 7.66. The molecule has 1 aliphatic rings. The second kappa shape index (κ2) is 6.12. The van der Waals surface area contributed by atoms with Crippen LogP contribution in [0.4, 0.5) is 0 Å². The molecule has 1 N–H and O–H groups in total. The lowest BCUT2D eigenvalue weighted by Gasteiger charge is -2.16. The Morgan fingerprint density at radius 2 is 1.85 bits per heavy atom. The maximum absolute atomic E-state index is 12.2. The summed E-state index contributed by atoms with van der Waals surface area (Å²) in [5.41, 5.74) is 1.13. The SMILES string of the molecule is O=C(Cn1ccc2ccccc21)NC1CCCCCC1. The third kappa shape index (κ3) is 3.03. The number of nitrogens with zero attached hydrogens (tertiary/aromatic N) is 1. The van der Waals surface area contributed by atoms with Crippen LogP contribution in [0.1, 0.15) is 38.5 Å². The van der Waals surface area contributed by atoms with Gasteiger partial charge in [-0.05, 0) is 30.4 Å². The standard InChI is InChI=1S/C17H22N2O/c20-17(18-15-8-3-1-2-4-9-15)13-19-12-11-14-7-5-6-10-16(14)19/h5-7,10-12,15H,1-4,8-9,13H2,(H,18,20). The number of aromatic nitrogens is 1. The predicted molar refractivity (Wildman–Crippen MR) is 81.6 cm³/mol. The van der Waals surface area contributed by atoms with E-state index in [1.54, 1.807) is 0 Å². The number of amides is 1. The molecular formula is C17H22N2O. The summed E-state index contributed by atoms with van der Waals surface area (Å²) in [6.07, 6.45) is 9.39. The third-order valence-electron chi connectivity index (χ3n) is 4.21. The van der Waals surface area contributed by atoms with Crippen LogP contribution in [0, 0.1) is 0 Å². The minimum absolute atomic E-state index is 0.137. The van der Waals surface area contributed by atoms with Gasteiger partial charge >= 0.3 is 0 Å². The number of para-hydroxylation sites is 1. The minimum atomic E-state index is 0.137. The van der Waals surface area contributed by atoms with Crippen LogP contribution in [0.15, 0.2) is 36.5 Å². The summed E-state index contributed by atoms with van der Waals surface area (Å²) in [6.45, 7) is 0.421. The lowest BCUT2D eigenvalue weighted by atomic mass is 10.1. The van der Waals surface area contributed by atoms with Gasteiger partial charge in [-0.3, -0.25) is 4.79 Å². The van der Waals surface area contributed by atoms with Crippen molar-refractivity contribution in [2.24, 2.45) is 0 Å². The fraction of sp³-hybridized carbons (Fsp3) is 0.471. The van der Waals surface area contributed by atoms with E-state index >= 15 is 0 Å². The molecule has 0 saturated heterocycles. The molecule has 0 aliphatic heterocycles. The first-order chi connectivity index (χ1) is 9.83. The quantitative estimate of drug-likeness (QED) is 0.851. The van der Waals surface area contributed by atoms with Gasteiger partial charge in [-0.1, -0.05) is 43.9 Å². The van der Waals surface area contributed by atoms with E-state index in [4.69, 9.17) is 0 Å². The molecular weight excluding hydrogens is 248 g/mol. The van der Waals surface area contributed by atoms with Gasteiger partial charge in [0.2, 0.25) is 5.91 Å². The number of nitrogens with one attached hydrogen (secondary N) is 1. The van der Waals surface area contributed by atoms with Gasteiger partial charge in [0, 0.05) is 17.8 Å². The van der Waals surface area contributed by atoms with E-state index in [0.29, 0.717) is 12.6 Å². The van der Waals surface area contributed by atoms with Crippen molar-refractivity contribution in [3.8, 4) is 0 Å². The van der Waals surface area contributed by atoms with Crippen molar-refractivity contribution in [2.75, 3.05) is 0 Å². The van der Waals surface area contributed by atoms with Crippen LogP contribution in [0.5, 0.6) is 0 Å². The molecule has 1 aromatic carbocycles. The highest BCUT2D eigenvalue weighted by atomic mass is 16.2. The molecule has 106 valence electrons. The number of rotatable bonds is 3. The fourth-order valence-corrected chi connectivity index (χ4v) is 3.13. The molecule has 1 amide bonds. The van der Waals surface area contributed by atoms with Gasteiger partial charge in [0.05, 0.1) is 0 Å². The van der Waals surface area contributed by atoms with Crippen molar-refractivity contribution in [1.29, 1.82) is 0 Å². The zero-order valence-electron chi connectivity index (χ0n) is 11.8. The Balaban J connectivity index is 1.63. The number of hydrogen-bond acceptors (Lipinski definition) is 1. The zero-order valence-corrected chi connectivity index (χ0v) is 11.8. The summed E-state index contributed by atoms with van der Waals surface area (Å²) in [5.74, 6) is 0.137. The highest BCUT2D eigenvalue weighted by Crippen LogP contribution is 2.18. The van der Waals surface area contributed by atoms with E-state index in [-0.39, 0.29) is 5.91 Å². The van der Waals surface area contributed by atoms with Crippen molar-refractivity contribution in [3.63, 3.8) is 0 Å². The van der Waals surface area contributed by atoms with E-state index in [9.17, 15) is 4.79 Å². The van der Waals surface area contributed by atoms with Crippen molar-refractivity contribution in [1.82, 2.24) is 9.88 Å². The van der Waals surface area contributed by atoms with Crippen LogP contribution in [-0.4, -0.2) is 16.5 Å². The molecule has 2 aromatic rings. The van der Waals surface area contributed by atoms with Crippen LogP contribution < -0.4 is 5.32 Å². The van der Waals surface area contributed by atoms with Gasteiger partial charge in [-0.25, -0.2) is 0 Å². The monoisotopic (exact) mass is 270 g/mol. The molecule has 1 fully saturated rings. The number of fused-ring (bicyclic) bond motifs is 1. The van der Waals surface area contributed by atoms with Gasteiger partial charge in [-0.2, -0.15) is 0 Å². The topological polar surface area (TPSA) is 34.0 Å². The second-order valence-electron chi connectivity index (χ2n) is 5.76. The van der Waals surface area contributed by atoms with Crippen molar-refractivity contribution in [2.45, 2.75) is 51.1 Å². The molecule has 0 atom stereocenters. The Bertz CT molecular complexity index is 579. The minimum Gasteiger partial charge on any atom is -0.352 e. The molecule has 1 heterocycles. The lowest BCUT2D eigenvalue weighted by Crippen LogP contribution is -2.36. The molecule has 3 rings (SSSR count). The summed E-state index contributed by atoms with van der Waals surface area (Å²) < 4.78 is 2.03. The van der Waals surface area contributed by atoms with Crippen molar-refractivity contribution < 1.29 is 4.79 Å². The first kappa shape index (κ1) is 13.2. The lowest BCUT2D eigenvalue weighted by molar-refractivity contribution is -0.122. The van der Waals surface area contributed by atoms with Gasteiger partial charge < -0.3 is 9.88 Å². The Hall–Kier alpha value is -1.77. The maximum Gasteiger partial charge on any atom is 0.240 e. The molecule has 1 aromatic heterocycles. The summed E-state index contributed by atoms with van der Waals surface area (Å²) in [5, 5.41) is 4.39. The van der Waals surface area contributed by atoms with E-state index in [1.807, 2.05) is 22.9 Å². The summed E-state index contributed by atoms with van der Waals surface area (Å²) >= 11 is 0. The summed E-state index contributed by atoms with van der Waals surface area (Å²) in [7, 11) is 0. The second-order valence-corrected chi connectivity index (χ2v) is 5.76. The van der Waals surface area contributed by atoms with E-state index in [0.717, 1.165) is 18.4 Å². The molecule has 0 unspecified atom stereocenters. The average Bonchev–Trinajstić information content (AvgIpc) is 2.68. The number of carbonyl (C=O) groups is 1. The van der Waals surface area contributed by atoms with Crippen LogP contribution in [0.25, 0.3) is 10.9 Å². The Kier molecular flexibility index (Phi) is 4.05. The van der Waals surface area contributed by atoms with Gasteiger partial charge in [0.15, 0.2) is 0 Å². The van der Waals surface area contributed by atoms with Crippen molar-refractivity contribution >= 4 is 16.8 Å². The van der Waals surface area contributed by atoms with E-state index in [1.165, 1.54) is 31.1 Å². The smallest absolute Gasteiger partial charge is 0.240 e. The number of benzene rings is 1. The molecule has 0 radical (unpaired) electrons. The molecule has 3 heteroatoms. The fourth-order valence-electron chi connectivity index (χ4n) is 3.13. The maximum atomic E-state index is 12.2. The highest BCUT2D eigenvalue weighted by molar-refractivity contribution is 5.83. The summed E-state index contributed by atoms with van der Waals surface area (Å²) in [6, 6.07) is 10.6. The molecule has 20 heavy (non-hydrogen) atoms. The van der Waals surface area contributed by atoms with E-state index in [2.05, 4.69) is 23.5 Å². The highest BCUT2D eigenvalue weighted by Gasteiger charge is 2.15. The average molecular weight is 270 g/mol. The van der Waals surface area contributed by atoms with Crippen LogP contribution in [0.2, 0.25) is 0 Å². The first-order valence-electron chi connectivity index (χ1n) is 7.66. The zero-order chi connectivity index (χ0) is 13.8. The Morgan fingerprint density at radius 3 is 2.65 bits per heavy atom. The van der Waals surface area contributed by atoms with Gasteiger partial charge in [0.1, 0.15) is 6.54 Å². The third-order valence-corrected chi connectivity index (χ3v) is 4.21. The van der Waals surface area contributed by atoms with Gasteiger partial charge in [0.25, 0.3) is 0 Å². The predicted octanol–water partition coefficient (Wildman–Crippen LogP) is 3.48. The molecule has 1 saturated carbocycles. The molecule has 1 aliphatic carbocycles. The molecule has 0 bridgehead atoms. The van der Waals surface area contributed by atoms with Crippen LogP contribution >= 0.6 is 0 Å².